The van der Waals surface area contributed by atoms with Crippen LogP contribution in [0.4, 0.5) is 0 Å². The summed E-state index contributed by atoms with van der Waals surface area (Å²) in [6.07, 6.45) is 4.83. The predicted molar refractivity (Wildman–Crippen MR) is 102 cm³/mol. The Morgan fingerprint density at radius 1 is 1.08 bits per heavy atom. The highest BCUT2D eigenvalue weighted by Gasteiger charge is 2.14. The van der Waals surface area contributed by atoms with Crippen LogP contribution < -0.4 is 10.1 Å². The number of carbonyl (C=O) groups is 1. The van der Waals surface area contributed by atoms with Gasteiger partial charge in [-0.05, 0) is 41.8 Å². The van der Waals surface area contributed by atoms with Gasteiger partial charge in [-0.3, -0.25) is 9.78 Å². The Kier molecular flexibility index (Phi) is 4.57. The number of benzene rings is 1. The molecule has 0 spiro atoms. The van der Waals surface area contributed by atoms with Crippen LogP contribution in [0.2, 0.25) is 0 Å². The van der Waals surface area contributed by atoms with Crippen molar-refractivity contribution in [3.05, 3.63) is 83.6 Å². The largest absolute Gasteiger partial charge is 0.437 e. The van der Waals surface area contributed by atoms with Gasteiger partial charge in [0.15, 0.2) is 0 Å². The van der Waals surface area contributed by atoms with Gasteiger partial charge in [0, 0.05) is 22.0 Å². The number of aromatic nitrogens is 2. The van der Waals surface area contributed by atoms with Gasteiger partial charge < -0.3 is 10.1 Å². The number of hydrogen-bond acceptors (Lipinski definition) is 5. The van der Waals surface area contributed by atoms with Gasteiger partial charge in [0.2, 0.25) is 5.88 Å². The standard InChI is InChI=1S/C20H15N3O2S/c24-19(23-13-16-11-14-5-1-2-8-18(14)26-16)17-7-4-10-22-20(17)25-15-6-3-9-21-12-15/h1-12H,13H2,(H,23,24). The van der Waals surface area contributed by atoms with Gasteiger partial charge in [0.25, 0.3) is 5.91 Å². The van der Waals surface area contributed by atoms with Gasteiger partial charge in [-0.1, -0.05) is 18.2 Å². The van der Waals surface area contributed by atoms with E-state index in [0.29, 0.717) is 17.9 Å². The van der Waals surface area contributed by atoms with E-state index in [0.717, 1.165) is 4.88 Å². The smallest absolute Gasteiger partial charge is 0.257 e. The minimum atomic E-state index is -0.227. The maximum Gasteiger partial charge on any atom is 0.257 e. The molecule has 0 aliphatic rings. The SMILES string of the molecule is O=C(NCc1cc2ccccc2s1)c1cccnc1Oc1cccnc1. The van der Waals surface area contributed by atoms with Crippen molar-refractivity contribution >= 4 is 27.3 Å². The van der Waals surface area contributed by atoms with Gasteiger partial charge in [-0.15, -0.1) is 11.3 Å². The predicted octanol–water partition coefficient (Wildman–Crippen LogP) is 4.41. The van der Waals surface area contributed by atoms with Crippen LogP contribution in [-0.4, -0.2) is 15.9 Å². The zero-order valence-electron chi connectivity index (χ0n) is 13.8. The Hall–Kier alpha value is -3.25. The first-order chi connectivity index (χ1) is 12.8. The van der Waals surface area contributed by atoms with Crippen LogP contribution in [0.5, 0.6) is 11.6 Å². The number of thiophene rings is 1. The lowest BCUT2D eigenvalue weighted by Crippen LogP contribution is -2.23. The van der Waals surface area contributed by atoms with Gasteiger partial charge >= 0.3 is 0 Å². The molecule has 0 radical (unpaired) electrons. The van der Waals surface area contributed by atoms with Crippen molar-refractivity contribution in [2.45, 2.75) is 6.54 Å². The normalized spacial score (nSPS) is 10.6. The molecule has 26 heavy (non-hydrogen) atoms. The van der Waals surface area contributed by atoms with Gasteiger partial charge in [0.05, 0.1) is 12.7 Å². The highest BCUT2D eigenvalue weighted by atomic mass is 32.1. The second-order valence-corrected chi connectivity index (χ2v) is 6.75. The number of ether oxygens (including phenoxy) is 1. The van der Waals surface area contributed by atoms with E-state index in [1.165, 1.54) is 10.1 Å². The molecule has 1 aromatic carbocycles. The van der Waals surface area contributed by atoms with Crippen LogP contribution in [0, 0.1) is 0 Å². The maximum absolute atomic E-state index is 12.6. The number of nitrogens with one attached hydrogen (secondary N) is 1. The molecule has 3 heterocycles. The van der Waals surface area contributed by atoms with Gasteiger partial charge in [-0.25, -0.2) is 4.98 Å². The van der Waals surface area contributed by atoms with E-state index in [9.17, 15) is 4.79 Å². The van der Waals surface area contributed by atoms with E-state index < -0.39 is 0 Å². The molecular formula is C20H15N3O2S. The summed E-state index contributed by atoms with van der Waals surface area (Å²) in [6.45, 7) is 0.458. The Bertz CT molecular complexity index is 1010. The van der Waals surface area contributed by atoms with E-state index in [1.54, 1.807) is 54.2 Å². The topological polar surface area (TPSA) is 64.1 Å². The van der Waals surface area contributed by atoms with E-state index in [4.69, 9.17) is 4.74 Å². The maximum atomic E-state index is 12.6. The number of hydrogen-bond donors (Lipinski definition) is 1. The molecule has 0 unspecified atom stereocenters. The quantitative estimate of drug-likeness (QED) is 0.572. The number of pyridine rings is 2. The molecule has 3 aromatic heterocycles. The zero-order chi connectivity index (χ0) is 17.8. The lowest BCUT2D eigenvalue weighted by atomic mass is 10.2. The number of nitrogens with zero attached hydrogens (tertiary/aromatic N) is 2. The van der Waals surface area contributed by atoms with Crippen LogP contribution in [0.3, 0.4) is 0 Å². The molecule has 0 atom stereocenters. The van der Waals surface area contributed by atoms with Gasteiger partial charge in [-0.2, -0.15) is 0 Å². The van der Waals surface area contributed by atoms with Crippen molar-refractivity contribution in [1.29, 1.82) is 0 Å². The minimum Gasteiger partial charge on any atom is -0.437 e. The van der Waals surface area contributed by atoms with E-state index in [1.807, 2.05) is 12.1 Å². The summed E-state index contributed by atoms with van der Waals surface area (Å²) < 4.78 is 6.91. The number of rotatable bonds is 5. The minimum absolute atomic E-state index is 0.227. The number of fused-ring (bicyclic) bond motifs is 1. The molecule has 128 valence electrons. The fraction of sp³-hybridized carbons (Fsp3) is 0.0500. The lowest BCUT2D eigenvalue weighted by molar-refractivity contribution is 0.0948. The van der Waals surface area contributed by atoms with Crippen molar-refractivity contribution in [2.24, 2.45) is 0 Å². The average Bonchev–Trinajstić information content (AvgIpc) is 3.10. The molecular weight excluding hydrogens is 346 g/mol. The van der Waals surface area contributed by atoms with E-state index in [2.05, 4.69) is 33.5 Å². The molecule has 1 amide bonds. The third-order valence-electron chi connectivity index (χ3n) is 3.76. The molecule has 0 bridgehead atoms. The van der Waals surface area contributed by atoms with Crippen LogP contribution in [0.15, 0.2) is 73.2 Å². The Balaban J connectivity index is 1.49. The van der Waals surface area contributed by atoms with Crippen LogP contribution in [0.1, 0.15) is 15.2 Å². The number of amides is 1. The first-order valence-electron chi connectivity index (χ1n) is 8.08. The third-order valence-corrected chi connectivity index (χ3v) is 4.88. The summed E-state index contributed by atoms with van der Waals surface area (Å²) in [7, 11) is 0. The molecule has 4 rings (SSSR count). The monoisotopic (exact) mass is 361 g/mol. The Morgan fingerprint density at radius 2 is 1.96 bits per heavy atom. The second kappa shape index (κ2) is 7.33. The van der Waals surface area contributed by atoms with Crippen molar-refractivity contribution in [3.63, 3.8) is 0 Å². The highest BCUT2D eigenvalue weighted by Crippen LogP contribution is 2.26. The van der Waals surface area contributed by atoms with Crippen molar-refractivity contribution < 1.29 is 9.53 Å². The molecule has 0 fully saturated rings. The molecule has 4 aromatic rings. The molecule has 0 aliphatic heterocycles. The zero-order valence-corrected chi connectivity index (χ0v) is 14.6. The molecule has 5 nitrogen and oxygen atoms in total. The van der Waals surface area contributed by atoms with Crippen LogP contribution >= 0.6 is 11.3 Å². The summed E-state index contributed by atoms with van der Waals surface area (Å²) in [5, 5.41) is 4.12. The fourth-order valence-electron chi connectivity index (χ4n) is 2.55. The molecule has 1 N–H and O–H groups in total. The average molecular weight is 361 g/mol. The molecule has 0 aliphatic carbocycles. The molecule has 0 saturated heterocycles. The van der Waals surface area contributed by atoms with Crippen molar-refractivity contribution in [3.8, 4) is 11.6 Å². The second-order valence-electron chi connectivity index (χ2n) is 5.58. The first kappa shape index (κ1) is 16.2. The van der Waals surface area contributed by atoms with Crippen LogP contribution in [-0.2, 0) is 6.54 Å². The molecule has 0 saturated carbocycles. The summed E-state index contributed by atoms with van der Waals surface area (Å²) in [6, 6.07) is 17.2. The lowest BCUT2D eigenvalue weighted by Gasteiger charge is -2.09. The number of carbonyl (C=O) groups excluding carboxylic acids is 1. The summed E-state index contributed by atoms with van der Waals surface area (Å²) in [5.41, 5.74) is 0.387. The summed E-state index contributed by atoms with van der Waals surface area (Å²) in [4.78, 5) is 21.9. The van der Waals surface area contributed by atoms with Crippen molar-refractivity contribution in [1.82, 2.24) is 15.3 Å². The van der Waals surface area contributed by atoms with Crippen LogP contribution in [0.25, 0.3) is 10.1 Å². The summed E-state index contributed by atoms with van der Waals surface area (Å²) >= 11 is 1.67. The Morgan fingerprint density at radius 3 is 2.81 bits per heavy atom. The first-order valence-corrected chi connectivity index (χ1v) is 8.90. The van der Waals surface area contributed by atoms with E-state index >= 15 is 0 Å². The highest BCUT2D eigenvalue weighted by molar-refractivity contribution is 7.19. The van der Waals surface area contributed by atoms with Crippen molar-refractivity contribution in [2.75, 3.05) is 0 Å². The van der Waals surface area contributed by atoms with Gasteiger partial charge in [0.1, 0.15) is 11.3 Å². The Labute approximate surface area is 154 Å². The third kappa shape index (κ3) is 3.55. The fourth-order valence-corrected chi connectivity index (χ4v) is 3.55. The summed E-state index contributed by atoms with van der Waals surface area (Å²) in [5.74, 6) is 0.563. The molecule has 6 heteroatoms. The van der Waals surface area contributed by atoms with E-state index in [-0.39, 0.29) is 11.8 Å².